The number of ether oxygens (including phenoxy) is 1. The van der Waals surface area contributed by atoms with Gasteiger partial charge in [0.15, 0.2) is 40.6 Å². The van der Waals surface area contributed by atoms with Crippen molar-refractivity contribution >= 4 is 125 Å². The molecule has 0 atom stereocenters. The molecule has 7 aromatic carbocycles. The lowest BCUT2D eigenvalue weighted by atomic mass is 10.2. The molecule has 16 aromatic rings. The van der Waals surface area contributed by atoms with Crippen LogP contribution in [-0.4, -0.2) is 89.7 Å². The molecule has 0 aliphatic rings. The van der Waals surface area contributed by atoms with Gasteiger partial charge < -0.3 is 48.9 Å². The molecule has 0 fully saturated rings. The molecule has 9 heterocycles. The number of nitrogens with zero attached hydrogens (tertiary/aromatic N) is 17. The molecule has 0 bridgehead atoms. The lowest BCUT2D eigenvalue weighted by Gasteiger charge is -2.13. The summed E-state index contributed by atoms with van der Waals surface area (Å²) in [6, 6.07) is 40.1. The van der Waals surface area contributed by atoms with E-state index in [-0.39, 0.29) is 70.0 Å². The summed E-state index contributed by atoms with van der Waals surface area (Å²) in [5.74, 6) is -1.87. The summed E-state index contributed by atoms with van der Waals surface area (Å²) < 4.78 is 207. The molecule has 16 rings (SSSR count). The number of imidazole rings is 4. The highest BCUT2D eigenvalue weighted by molar-refractivity contribution is 6.31. The summed E-state index contributed by atoms with van der Waals surface area (Å²) in [5.41, 5.74) is 26.8. The quantitative estimate of drug-likeness (QED) is 0.0417. The maximum absolute atomic E-state index is 14.6. The number of alkyl halides is 11. The van der Waals surface area contributed by atoms with Crippen molar-refractivity contribution in [1.82, 2.24) is 83.1 Å². The van der Waals surface area contributed by atoms with Crippen LogP contribution in [0.5, 0.6) is 5.75 Å². The van der Waals surface area contributed by atoms with Crippen LogP contribution in [0.15, 0.2) is 182 Å². The second kappa shape index (κ2) is 33.6. The number of nitrogen functional groups attached to an aromatic ring is 4. The van der Waals surface area contributed by atoms with E-state index >= 15 is 0 Å². The third-order valence-electron chi connectivity index (χ3n) is 17.2. The Labute approximate surface area is 665 Å². The van der Waals surface area contributed by atoms with Gasteiger partial charge in [-0.25, -0.2) is 29.3 Å². The van der Waals surface area contributed by atoms with Gasteiger partial charge in [0.2, 0.25) is 41.2 Å². The number of aromatic nitrogens is 17. The first-order chi connectivity index (χ1) is 56.6. The van der Waals surface area contributed by atoms with E-state index in [2.05, 4.69) is 90.8 Å². The number of hydrogen-bond donors (Lipinski definition) is 8. The van der Waals surface area contributed by atoms with Gasteiger partial charge in [-0.1, -0.05) is 49.7 Å². The molecule has 0 amide bonds. The zero-order valence-corrected chi connectivity index (χ0v) is 62.4. The van der Waals surface area contributed by atoms with Crippen molar-refractivity contribution in [3.05, 3.63) is 250 Å². The summed E-state index contributed by atoms with van der Waals surface area (Å²) in [6.45, 7) is 4.31. The average molecular weight is 1670 g/mol. The molecule has 0 saturated carbocycles. The number of nitrogens with two attached hydrogens (primary N) is 4. The number of fused-ring (bicyclic) bond motifs is 4. The molecule has 0 saturated heterocycles. The molecule has 119 heavy (non-hydrogen) atoms. The van der Waals surface area contributed by atoms with E-state index in [9.17, 15) is 65.9 Å². The molecule has 610 valence electrons. The molecular formula is C77H59ClF15N25O. The Morgan fingerprint density at radius 1 is 0.403 bits per heavy atom. The smallest absolute Gasteiger partial charge is 0.416 e. The van der Waals surface area contributed by atoms with E-state index in [1.165, 1.54) is 83.6 Å². The molecule has 0 spiro atoms. The first-order valence-electron chi connectivity index (χ1n) is 35.0. The normalized spacial score (nSPS) is 11.6. The van der Waals surface area contributed by atoms with Gasteiger partial charge in [-0.2, -0.15) is 101 Å². The number of anilines is 12. The van der Waals surface area contributed by atoms with Crippen molar-refractivity contribution in [2.45, 2.75) is 65.7 Å². The van der Waals surface area contributed by atoms with Crippen LogP contribution < -0.4 is 48.9 Å². The third-order valence-corrected chi connectivity index (χ3v) is 17.4. The van der Waals surface area contributed by atoms with Gasteiger partial charge in [0.25, 0.3) is 0 Å². The third kappa shape index (κ3) is 18.5. The minimum absolute atomic E-state index is 0.0191. The first-order valence-corrected chi connectivity index (χ1v) is 35.3. The molecular weight excluding hydrogens is 1610 g/mol. The zero-order valence-electron chi connectivity index (χ0n) is 61.7. The number of benzene rings is 7. The van der Waals surface area contributed by atoms with E-state index in [4.69, 9.17) is 34.5 Å². The van der Waals surface area contributed by atoms with Gasteiger partial charge in [0.1, 0.15) is 46.5 Å². The Morgan fingerprint density at radius 2 is 0.790 bits per heavy atom. The molecule has 9 aromatic heterocycles. The largest absolute Gasteiger partial charge is 0.435 e. The van der Waals surface area contributed by atoms with Crippen molar-refractivity contribution in [2.75, 3.05) is 44.2 Å². The SMILES string of the molecule is CCc1nc2ccccc2n1-c1nc(N)c(F)c(Nc2ccc(C(F)(F)F)cc2)n1.CCc1nc2ncc(Cl)cc2n1-c1nc(N)cc(Nc2ccc(C(F)(F)F)cc2)n1.Cc1nc2cc(F)ccc2n1-c1nc(N)c(F)c(Nc2ccc(C(F)(F)F)cc2)n1.Cc1nc2ccccc2n1-c1nc(N)c(F)c(Nc2ccc(OC(F)F)cc2)n1. The van der Waals surface area contributed by atoms with E-state index in [0.29, 0.717) is 80.6 Å². The van der Waals surface area contributed by atoms with Crippen LogP contribution in [0.3, 0.4) is 0 Å². The standard InChI is InChI=1S/C20H16F4N6.C19H15ClF3N7.C19H13F5N6.C19H15F3N6O/c1-2-15-27-13-5-3-4-6-14(13)30(15)19-28-17(25)16(21)18(29-19)26-12-9-7-11(8-10-12)20(22,23)24;1-2-16-29-17-13(7-11(20)9-25-17)30(16)18-27-14(24)8-15(28-18)26-12-5-3-10(4-6-12)19(21,22)23;1-9-26-13-8-11(20)4-7-14(13)30(9)18-28-16(25)15(21)17(29-18)27-12-5-2-10(3-6-12)19(22,23)24;1-10-24-13-4-2-3-5-14(13)28(10)19-26-16(23)15(20)17(27-19)25-11-6-8-12(9-7-11)29-18(21)22/h3-10H,2H2,1H3,(H3,25,26,28,29);3-9H,2H2,1H3,(H3,24,26,27,28);2-8H,1H3,(H3,25,27,28,29);2-9,18H,1H3,(H3,23,25,26,27). The first kappa shape index (κ1) is 82.3. The summed E-state index contributed by atoms with van der Waals surface area (Å²) in [4.78, 5) is 55.2. The fraction of sp³-hybridized carbons (Fsp3) is 0.130. The molecule has 42 heteroatoms. The summed E-state index contributed by atoms with van der Waals surface area (Å²) >= 11 is 6.08. The zero-order chi connectivity index (χ0) is 85.1. The molecule has 0 aliphatic heterocycles. The van der Waals surface area contributed by atoms with Crippen molar-refractivity contribution in [3.8, 4) is 29.5 Å². The monoisotopic (exact) mass is 1670 g/mol. The number of halogens is 16. The van der Waals surface area contributed by atoms with E-state index < -0.39 is 76.7 Å². The van der Waals surface area contributed by atoms with Crippen LogP contribution in [0.4, 0.5) is 135 Å². The summed E-state index contributed by atoms with van der Waals surface area (Å²) in [6.07, 6.45) is -10.7. The van der Waals surface area contributed by atoms with Gasteiger partial charge in [-0.05, 0) is 153 Å². The molecule has 26 nitrogen and oxygen atoms in total. The summed E-state index contributed by atoms with van der Waals surface area (Å²) in [5, 5.41) is 11.4. The van der Waals surface area contributed by atoms with Crippen LogP contribution in [0.25, 0.3) is 68.1 Å². The predicted octanol–water partition coefficient (Wildman–Crippen LogP) is 18.6. The Kier molecular flexibility index (Phi) is 23.3. The number of aryl methyl sites for hydroxylation is 4. The predicted molar refractivity (Wildman–Crippen MR) is 416 cm³/mol. The lowest BCUT2D eigenvalue weighted by molar-refractivity contribution is -0.138. The highest BCUT2D eigenvalue weighted by atomic mass is 35.5. The van der Waals surface area contributed by atoms with Gasteiger partial charge in [0.05, 0.1) is 60.3 Å². The van der Waals surface area contributed by atoms with Gasteiger partial charge >= 0.3 is 25.1 Å². The Hall–Kier alpha value is -14.7. The lowest BCUT2D eigenvalue weighted by Crippen LogP contribution is -2.11. The average Bonchev–Trinajstić information content (AvgIpc) is 1.66. The van der Waals surface area contributed by atoms with Crippen molar-refractivity contribution in [2.24, 2.45) is 0 Å². The highest BCUT2D eigenvalue weighted by Crippen LogP contribution is 2.37. The number of rotatable bonds is 16. The topological polar surface area (TPSA) is 349 Å². The fourth-order valence-corrected chi connectivity index (χ4v) is 12.0. The summed E-state index contributed by atoms with van der Waals surface area (Å²) in [7, 11) is 0. The van der Waals surface area contributed by atoms with Gasteiger partial charge in [-0.3, -0.25) is 18.3 Å². The number of hydrogen-bond acceptors (Lipinski definition) is 22. The number of pyridine rings is 1. The maximum atomic E-state index is 14.6. The van der Waals surface area contributed by atoms with Crippen LogP contribution in [0, 0.1) is 37.1 Å². The van der Waals surface area contributed by atoms with Gasteiger partial charge in [-0.15, -0.1) is 0 Å². The Bertz CT molecular complexity index is 6400. The maximum Gasteiger partial charge on any atom is 0.416 e. The van der Waals surface area contributed by atoms with Crippen LogP contribution in [-0.2, 0) is 31.4 Å². The van der Waals surface area contributed by atoms with Crippen molar-refractivity contribution < 1.29 is 70.6 Å². The Balaban J connectivity index is 0.000000137. The van der Waals surface area contributed by atoms with E-state index in [1.54, 1.807) is 33.6 Å². The van der Waals surface area contributed by atoms with E-state index in [0.717, 1.165) is 70.6 Å². The van der Waals surface area contributed by atoms with Crippen molar-refractivity contribution in [1.29, 1.82) is 0 Å². The Morgan fingerprint density at radius 3 is 1.24 bits per heavy atom. The van der Waals surface area contributed by atoms with Crippen LogP contribution >= 0.6 is 11.6 Å². The second-order valence-corrected chi connectivity index (χ2v) is 25.8. The number of nitrogens with one attached hydrogen (secondary N) is 4. The second-order valence-electron chi connectivity index (χ2n) is 25.4. The van der Waals surface area contributed by atoms with Crippen molar-refractivity contribution in [3.63, 3.8) is 0 Å². The minimum Gasteiger partial charge on any atom is -0.435 e. The van der Waals surface area contributed by atoms with Crippen LogP contribution in [0.1, 0.15) is 53.8 Å². The minimum atomic E-state index is -4.49. The highest BCUT2D eigenvalue weighted by Gasteiger charge is 2.33. The molecule has 12 N–H and O–H groups in total. The van der Waals surface area contributed by atoms with Gasteiger partial charge in [0, 0.05) is 53.9 Å². The molecule has 0 radical (unpaired) electrons. The number of para-hydroxylation sites is 4. The molecule has 0 aliphatic carbocycles. The van der Waals surface area contributed by atoms with Crippen LogP contribution in [0.2, 0.25) is 5.02 Å². The fourth-order valence-electron chi connectivity index (χ4n) is 11.8. The molecule has 0 unspecified atom stereocenters. The van der Waals surface area contributed by atoms with E-state index in [1.807, 2.05) is 62.4 Å².